The Labute approximate surface area is 124 Å². The molecule has 3 saturated heterocycles. The normalized spacial score (nSPS) is 28.7. The van der Waals surface area contributed by atoms with Crippen LogP contribution in [0, 0.1) is 11.8 Å². The third-order valence-electron chi connectivity index (χ3n) is 4.88. The van der Waals surface area contributed by atoms with Crippen LogP contribution in [-0.4, -0.2) is 24.5 Å². The van der Waals surface area contributed by atoms with Crippen LogP contribution in [0.5, 0.6) is 0 Å². The zero-order valence-electron chi connectivity index (χ0n) is 11.6. The topological polar surface area (TPSA) is 15.3 Å². The lowest BCUT2D eigenvalue weighted by Crippen LogP contribution is -2.48. The third-order valence-corrected chi connectivity index (χ3v) is 5.84. The summed E-state index contributed by atoms with van der Waals surface area (Å²) in [6, 6.07) is 8.66. The van der Waals surface area contributed by atoms with Crippen LogP contribution in [0.3, 0.4) is 0 Å². The fraction of sp³-hybridized carbons (Fsp3) is 0.412. The second-order valence-electron chi connectivity index (χ2n) is 6.04. The lowest BCUT2D eigenvalue weighted by atomic mass is 9.77. The van der Waals surface area contributed by atoms with E-state index >= 15 is 0 Å². The van der Waals surface area contributed by atoms with Crippen LogP contribution >= 0.6 is 11.3 Å². The Balaban J connectivity index is 1.57. The molecule has 2 bridgehead atoms. The van der Waals surface area contributed by atoms with Gasteiger partial charge in [0.1, 0.15) is 0 Å². The summed E-state index contributed by atoms with van der Waals surface area (Å²) >= 11 is 1.80. The molecule has 0 radical (unpaired) electrons. The molecule has 1 atom stereocenters. The van der Waals surface area contributed by atoms with Gasteiger partial charge in [-0.3, -0.25) is 0 Å². The van der Waals surface area contributed by atoms with E-state index in [1.54, 1.807) is 11.3 Å². The number of nitrogens with one attached hydrogen (secondary N) is 1. The lowest BCUT2D eigenvalue weighted by molar-refractivity contribution is 0.0691. The average molecular weight is 284 g/mol. The molecule has 4 heterocycles. The van der Waals surface area contributed by atoms with E-state index in [9.17, 15) is 0 Å². The molecule has 1 aromatic carbocycles. The molecule has 1 N–H and O–H groups in total. The number of rotatable bonds is 3. The molecule has 1 aromatic heterocycles. The number of hydrogen-bond donors (Lipinski definition) is 1. The zero-order chi connectivity index (χ0) is 13.5. The predicted molar refractivity (Wildman–Crippen MR) is 87.2 cm³/mol. The van der Waals surface area contributed by atoms with E-state index < -0.39 is 0 Å². The molecule has 0 saturated carbocycles. The van der Waals surface area contributed by atoms with Crippen LogP contribution in [0.15, 0.2) is 41.9 Å². The van der Waals surface area contributed by atoms with Crippen molar-refractivity contribution in [3.63, 3.8) is 0 Å². The first-order valence-corrected chi connectivity index (χ1v) is 8.33. The highest BCUT2D eigenvalue weighted by Gasteiger charge is 2.35. The summed E-state index contributed by atoms with van der Waals surface area (Å²) in [5, 5.41) is 7.10. The molecule has 0 amide bonds. The quantitative estimate of drug-likeness (QED) is 0.910. The summed E-state index contributed by atoms with van der Waals surface area (Å²) in [4.78, 5) is 2.59. The molecule has 104 valence electrons. The highest BCUT2D eigenvalue weighted by molar-refractivity contribution is 7.17. The van der Waals surface area contributed by atoms with Gasteiger partial charge in [-0.2, -0.15) is 0 Å². The summed E-state index contributed by atoms with van der Waals surface area (Å²) in [6.07, 6.45) is 2.68. The van der Waals surface area contributed by atoms with Gasteiger partial charge < -0.3 is 10.2 Å². The van der Waals surface area contributed by atoms with Crippen LogP contribution in [0.25, 0.3) is 10.1 Å². The molecule has 3 aliphatic rings. The molecule has 3 aliphatic heterocycles. The Morgan fingerprint density at radius 2 is 2.10 bits per heavy atom. The molecule has 20 heavy (non-hydrogen) atoms. The van der Waals surface area contributed by atoms with Crippen LogP contribution in [0.4, 0.5) is 5.69 Å². The van der Waals surface area contributed by atoms with Crippen molar-refractivity contribution in [1.82, 2.24) is 4.90 Å². The lowest BCUT2D eigenvalue weighted by Gasteiger charge is -2.45. The molecule has 1 unspecified atom stereocenters. The van der Waals surface area contributed by atoms with Crippen molar-refractivity contribution < 1.29 is 0 Å². The molecular formula is C17H20N2S. The number of nitrogens with zero attached hydrogens (tertiary/aromatic N) is 1. The van der Waals surface area contributed by atoms with Gasteiger partial charge in [0.2, 0.25) is 0 Å². The third kappa shape index (κ3) is 2.05. The smallest absolute Gasteiger partial charge is 0.0577 e. The first-order valence-electron chi connectivity index (χ1n) is 7.45. The van der Waals surface area contributed by atoms with Gasteiger partial charge in [0, 0.05) is 18.2 Å². The number of fused-ring (bicyclic) bond motifs is 4. The fourth-order valence-corrected chi connectivity index (χ4v) is 4.59. The number of piperidine rings is 3. The minimum Gasteiger partial charge on any atom is -0.358 e. The highest BCUT2D eigenvalue weighted by Crippen LogP contribution is 2.37. The number of anilines is 1. The van der Waals surface area contributed by atoms with E-state index in [0.29, 0.717) is 5.92 Å². The van der Waals surface area contributed by atoms with E-state index in [-0.39, 0.29) is 0 Å². The van der Waals surface area contributed by atoms with Crippen molar-refractivity contribution in [2.75, 3.05) is 25.0 Å². The Kier molecular flexibility index (Phi) is 3.04. The van der Waals surface area contributed by atoms with Crippen LogP contribution in [0.1, 0.15) is 12.8 Å². The maximum absolute atomic E-state index is 4.35. The van der Waals surface area contributed by atoms with E-state index in [0.717, 1.165) is 5.92 Å². The summed E-state index contributed by atoms with van der Waals surface area (Å²) in [5.74, 6) is 1.45. The summed E-state index contributed by atoms with van der Waals surface area (Å²) in [5.41, 5.74) is 2.43. The van der Waals surface area contributed by atoms with Crippen LogP contribution in [-0.2, 0) is 0 Å². The molecule has 0 aliphatic carbocycles. The Morgan fingerprint density at radius 3 is 2.85 bits per heavy atom. The fourth-order valence-electron chi connectivity index (χ4n) is 3.72. The second-order valence-corrected chi connectivity index (χ2v) is 6.96. The zero-order valence-corrected chi connectivity index (χ0v) is 12.5. The Morgan fingerprint density at radius 1 is 1.25 bits per heavy atom. The van der Waals surface area contributed by atoms with Gasteiger partial charge in [-0.05, 0) is 54.7 Å². The number of benzene rings is 1. The summed E-state index contributed by atoms with van der Waals surface area (Å²) in [7, 11) is 0. The van der Waals surface area contributed by atoms with Gasteiger partial charge in [0.25, 0.3) is 0 Å². The Hall–Kier alpha value is -1.32. The van der Waals surface area contributed by atoms with Crippen molar-refractivity contribution >= 4 is 27.1 Å². The van der Waals surface area contributed by atoms with Crippen LogP contribution in [0.2, 0.25) is 0 Å². The van der Waals surface area contributed by atoms with Gasteiger partial charge in [0.05, 0.1) is 10.4 Å². The first kappa shape index (κ1) is 12.4. The largest absolute Gasteiger partial charge is 0.358 e. The van der Waals surface area contributed by atoms with E-state index in [2.05, 4.69) is 46.4 Å². The molecule has 2 nitrogen and oxygen atoms in total. The average Bonchev–Trinajstić information content (AvgIpc) is 2.98. The van der Waals surface area contributed by atoms with Gasteiger partial charge >= 0.3 is 0 Å². The minimum absolute atomic E-state index is 0.618. The maximum atomic E-state index is 4.35. The molecule has 3 fully saturated rings. The highest BCUT2D eigenvalue weighted by atomic mass is 32.1. The van der Waals surface area contributed by atoms with Crippen LogP contribution < -0.4 is 5.32 Å². The molecule has 0 spiro atoms. The second kappa shape index (κ2) is 4.90. The SMILES string of the molecule is C=C(Nc1cccc2ccsc12)C1CN2CCC1CC2. The summed E-state index contributed by atoms with van der Waals surface area (Å²) < 4.78 is 1.34. The predicted octanol–water partition coefficient (Wildman–Crippen LogP) is 4.17. The molecule has 5 rings (SSSR count). The first-order chi connectivity index (χ1) is 9.81. The van der Waals surface area contributed by atoms with Crippen molar-refractivity contribution in [2.45, 2.75) is 12.8 Å². The van der Waals surface area contributed by atoms with Crippen molar-refractivity contribution in [3.05, 3.63) is 41.9 Å². The Bertz CT molecular complexity index is 637. The molecular weight excluding hydrogens is 264 g/mol. The minimum atomic E-state index is 0.618. The van der Waals surface area contributed by atoms with E-state index in [1.807, 2.05) is 0 Å². The molecule has 2 aromatic rings. The van der Waals surface area contributed by atoms with Gasteiger partial charge in [-0.25, -0.2) is 0 Å². The number of thiophene rings is 1. The van der Waals surface area contributed by atoms with Crippen molar-refractivity contribution in [1.29, 1.82) is 0 Å². The standard InChI is InChI=1S/C17H20N2S/c1-12(15-11-19-8-5-13(15)6-9-19)18-16-4-2-3-14-7-10-20-17(14)16/h2-4,7,10,13,15,18H,1,5-6,8-9,11H2. The monoisotopic (exact) mass is 284 g/mol. The van der Waals surface area contributed by atoms with Crippen molar-refractivity contribution in [2.24, 2.45) is 11.8 Å². The molecule has 3 heteroatoms. The maximum Gasteiger partial charge on any atom is 0.0577 e. The van der Waals surface area contributed by atoms with Gasteiger partial charge in [0.15, 0.2) is 0 Å². The van der Waals surface area contributed by atoms with E-state index in [1.165, 1.54) is 53.9 Å². The van der Waals surface area contributed by atoms with Crippen molar-refractivity contribution in [3.8, 4) is 0 Å². The van der Waals surface area contributed by atoms with E-state index in [4.69, 9.17) is 0 Å². The summed E-state index contributed by atoms with van der Waals surface area (Å²) in [6.45, 7) is 8.12. The van der Waals surface area contributed by atoms with Gasteiger partial charge in [-0.15, -0.1) is 11.3 Å². The number of hydrogen-bond acceptors (Lipinski definition) is 3. The van der Waals surface area contributed by atoms with Gasteiger partial charge in [-0.1, -0.05) is 18.7 Å².